The van der Waals surface area contributed by atoms with Gasteiger partial charge in [0.25, 0.3) is 0 Å². The number of carbonyl (C=O) groups is 1. The molecule has 0 aliphatic heterocycles. The maximum atomic E-state index is 11.6. The monoisotopic (exact) mass is 228 g/mol. The van der Waals surface area contributed by atoms with Crippen LogP contribution < -0.4 is 11.1 Å². The number of ether oxygens (including phenoxy) is 1. The number of rotatable bonds is 6. The summed E-state index contributed by atoms with van der Waals surface area (Å²) in [6.45, 7) is 3.21. The lowest BCUT2D eigenvalue weighted by Gasteiger charge is -2.38. The molecule has 1 fully saturated rings. The Kier molecular flexibility index (Phi) is 5.22. The first-order valence-electron chi connectivity index (χ1n) is 6.15. The van der Waals surface area contributed by atoms with Gasteiger partial charge in [-0.2, -0.15) is 0 Å². The topological polar surface area (TPSA) is 64.3 Å². The third-order valence-electron chi connectivity index (χ3n) is 3.73. The van der Waals surface area contributed by atoms with Crippen LogP contribution in [0.5, 0.6) is 0 Å². The van der Waals surface area contributed by atoms with Crippen LogP contribution in [-0.2, 0) is 9.53 Å². The minimum Gasteiger partial charge on any atom is -0.383 e. The molecule has 1 amide bonds. The molecule has 0 aromatic heterocycles. The van der Waals surface area contributed by atoms with Crippen molar-refractivity contribution in [3.05, 3.63) is 0 Å². The van der Waals surface area contributed by atoms with E-state index < -0.39 is 5.54 Å². The molecule has 1 unspecified atom stereocenters. The Hall–Kier alpha value is -0.610. The Morgan fingerprint density at radius 1 is 1.44 bits per heavy atom. The first-order chi connectivity index (χ1) is 7.61. The Morgan fingerprint density at radius 2 is 2.06 bits per heavy atom. The Labute approximate surface area is 97.9 Å². The normalized spacial score (nSPS) is 21.6. The number of nitrogens with one attached hydrogen (secondary N) is 1. The predicted octanol–water partition coefficient (Wildman–Crippen LogP) is 1.05. The maximum absolute atomic E-state index is 11.6. The van der Waals surface area contributed by atoms with Gasteiger partial charge in [0.15, 0.2) is 0 Å². The van der Waals surface area contributed by atoms with Crippen molar-refractivity contribution >= 4 is 5.91 Å². The van der Waals surface area contributed by atoms with E-state index in [2.05, 4.69) is 5.32 Å². The van der Waals surface area contributed by atoms with Gasteiger partial charge in [0.1, 0.15) is 0 Å². The van der Waals surface area contributed by atoms with Gasteiger partial charge < -0.3 is 15.8 Å². The molecule has 0 saturated heterocycles. The summed E-state index contributed by atoms with van der Waals surface area (Å²) in [5.41, 5.74) is 4.97. The van der Waals surface area contributed by atoms with Crippen molar-refractivity contribution in [3.63, 3.8) is 0 Å². The first kappa shape index (κ1) is 13.5. The maximum Gasteiger partial charge on any atom is 0.237 e. The van der Waals surface area contributed by atoms with E-state index in [1.807, 2.05) is 6.92 Å². The Balaban J connectivity index is 2.58. The highest BCUT2D eigenvalue weighted by atomic mass is 16.5. The van der Waals surface area contributed by atoms with E-state index in [1.54, 1.807) is 7.11 Å². The van der Waals surface area contributed by atoms with E-state index in [0.717, 1.165) is 12.8 Å². The zero-order chi connectivity index (χ0) is 12.0. The average Bonchev–Trinajstić information content (AvgIpc) is 2.30. The van der Waals surface area contributed by atoms with Crippen LogP contribution >= 0.6 is 0 Å². The highest BCUT2D eigenvalue weighted by Gasteiger charge is 2.39. The number of hydrogen-bond donors (Lipinski definition) is 2. The molecule has 1 rings (SSSR count). The van der Waals surface area contributed by atoms with E-state index in [1.165, 1.54) is 19.3 Å². The third kappa shape index (κ3) is 3.19. The SMILES string of the molecule is COCCNC(C)(C(N)=O)C1CCCCC1. The van der Waals surface area contributed by atoms with Crippen LogP contribution in [0.25, 0.3) is 0 Å². The molecule has 0 bridgehead atoms. The smallest absolute Gasteiger partial charge is 0.237 e. The lowest BCUT2D eigenvalue weighted by molar-refractivity contribution is -0.126. The van der Waals surface area contributed by atoms with Crippen molar-refractivity contribution < 1.29 is 9.53 Å². The molecule has 0 aromatic carbocycles. The van der Waals surface area contributed by atoms with Gasteiger partial charge in [-0.3, -0.25) is 4.79 Å². The first-order valence-corrected chi connectivity index (χ1v) is 6.15. The van der Waals surface area contributed by atoms with Crippen LogP contribution in [0, 0.1) is 5.92 Å². The summed E-state index contributed by atoms with van der Waals surface area (Å²) in [6.07, 6.45) is 5.89. The number of methoxy groups -OCH3 is 1. The van der Waals surface area contributed by atoms with Gasteiger partial charge in [0, 0.05) is 13.7 Å². The van der Waals surface area contributed by atoms with Gasteiger partial charge in [-0.15, -0.1) is 0 Å². The Morgan fingerprint density at radius 3 is 2.56 bits per heavy atom. The standard InChI is InChI=1S/C12H24N2O2/c1-12(11(13)15,14-8-9-16-2)10-6-4-3-5-7-10/h10,14H,3-9H2,1-2H3,(H2,13,15). The van der Waals surface area contributed by atoms with Gasteiger partial charge in [0.2, 0.25) is 5.91 Å². The summed E-state index contributed by atoms with van der Waals surface area (Å²) < 4.78 is 4.99. The van der Waals surface area contributed by atoms with Gasteiger partial charge in [0.05, 0.1) is 12.1 Å². The molecule has 1 saturated carbocycles. The third-order valence-corrected chi connectivity index (χ3v) is 3.73. The molecule has 3 N–H and O–H groups in total. The molecular formula is C12H24N2O2. The summed E-state index contributed by atoms with van der Waals surface area (Å²) in [4.78, 5) is 11.6. The lowest BCUT2D eigenvalue weighted by atomic mass is 9.75. The molecule has 1 aliphatic carbocycles. The van der Waals surface area contributed by atoms with Crippen molar-refractivity contribution in [2.45, 2.75) is 44.6 Å². The van der Waals surface area contributed by atoms with Crippen molar-refractivity contribution in [3.8, 4) is 0 Å². The molecule has 1 aliphatic rings. The number of carbonyl (C=O) groups excluding carboxylic acids is 1. The fraction of sp³-hybridized carbons (Fsp3) is 0.917. The molecular weight excluding hydrogens is 204 g/mol. The lowest BCUT2D eigenvalue weighted by Crippen LogP contribution is -2.59. The fourth-order valence-electron chi connectivity index (χ4n) is 2.53. The number of amides is 1. The summed E-state index contributed by atoms with van der Waals surface area (Å²) in [5.74, 6) is 0.131. The zero-order valence-electron chi connectivity index (χ0n) is 10.4. The predicted molar refractivity (Wildman–Crippen MR) is 64.1 cm³/mol. The van der Waals surface area contributed by atoms with Crippen LogP contribution in [0.3, 0.4) is 0 Å². The van der Waals surface area contributed by atoms with E-state index in [9.17, 15) is 4.79 Å². The molecule has 1 atom stereocenters. The second-order valence-corrected chi connectivity index (χ2v) is 4.82. The van der Waals surface area contributed by atoms with Crippen molar-refractivity contribution in [1.29, 1.82) is 0 Å². The minimum absolute atomic E-state index is 0.240. The Bertz CT molecular complexity index is 227. The van der Waals surface area contributed by atoms with Crippen LogP contribution in [0.1, 0.15) is 39.0 Å². The van der Waals surface area contributed by atoms with E-state index in [-0.39, 0.29) is 5.91 Å². The van der Waals surface area contributed by atoms with Crippen LogP contribution in [0.4, 0.5) is 0 Å². The second-order valence-electron chi connectivity index (χ2n) is 4.82. The molecule has 4 nitrogen and oxygen atoms in total. The summed E-state index contributed by atoms with van der Waals surface area (Å²) in [6, 6.07) is 0. The number of hydrogen-bond acceptors (Lipinski definition) is 3. The fourth-order valence-corrected chi connectivity index (χ4v) is 2.53. The highest BCUT2D eigenvalue weighted by molar-refractivity contribution is 5.84. The minimum atomic E-state index is -0.570. The van der Waals surface area contributed by atoms with Crippen LogP contribution in [0.15, 0.2) is 0 Å². The molecule has 0 heterocycles. The van der Waals surface area contributed by atoms with Crippen LogP contribution in [-0.4, -0.2) is 31.7 Å². The van der Waals surface area contributed by atoms with Crippen molar-refractivity contribution in [1.82, 2.24) is 5.32 Å². The van der Waals surface area contributed by atoms with E-state index >= 15 is 0 Å². The van der Waals surface area contributed by atoms with E-state index in [0.29, 0.717) is 19.1 Å². The molecule has 94 valence electrons. The van der Waals surface area contributed by atoms with Gasteiger partial charge in [-0.25, -0.2) is 0 Å². The van der Waals surface area contributed by atoms with Crippen molar-refractivity contribution in [2.24, 2.45) is 11.7 Å². The van der Waals surface area contributed by atoms with Gasteiger partial charge in [-0.05, 0) is 25.7 Å². The zero-order valence-corrected chi connectivity index (χ0v) is 10.4. The number of primary amides is 1. The molecule has 4 heteroatoms. The molecule has 0 spiro atoms. The average molecular weight is 228 g/mol. The quantitative estimate of drug-likeness (QED) is 0.668. The number of nitrogens with two attached hydrogens (primary N) is 1. The summed E-state index contributed by atoms with van der Waals surface area (Å²) in [5, 5.41) is 3.27. The van der Waals surface area contributed by atoms with Gasteiger partial charge in [-0.1, -0.05) is 19.3 Å². The molecule has 0 aromatic rings. The van der Waals surface area contributed by atoms with Gasteiger partial charge >= 0.3 is 0 Å². The summed E-state index contributed by atoms with van der Waals surface area (Å²) in [7, 11) is 1.66. The van der Waals surface area contributed by atoms with Crippen LogP contribution in [0.2, 0.25) is 0 Å². The van der Waals surface area contributed by atoms with Crippen molar-refractivity contribution in [2.75, 3.05) is 20.3 Å². The van der Waals surface area contributed by atoms with E-state index in [4.69, 9.17) is 10.5 Å². The molecule has 16 heavy (non-hydrogen) atoms. The summed E-state index contributed by atoms with van der Waals surface area (Å²) >= 11 is 0. The second kappa shape index (κ2) is 6.21. The largest absolute Gasteiger partial charge is 0.383 e. The highest BCUT2D eigenvalue weighted by Crippen LogP contribution is 2.32. The molecule has 0 radical (unpaired) electrons.